The number of ether oxygens (including phenoxy) is 1. The molecule has 0 N–H and O–H groups in total. The van der Waals surface area contributed by atoms with Crippen molar-refractivity contribution in [2.45, 2.75) is 19.9 Å². The summed E-state index contributed by atoms with van der Waals surface area (Å²) in [5.74, 6) is 3.43. The Bertz CT molecular complexity index is 370. The van der Waals surface area contributed by atoms with E-state index in [9.17, 15) is 0 Å². The van der Waals surface area contributed by atoms with Gasteiger partial charge in [0.15, 0.2) is 0 Å². The van der Waals surface area contributed by atoms with Gasteiger partial charge < -0.3 is 4.74 Å². The summed E-state index contributed by atoms with van der Waals surface area (Å²) in [4.78, 5) is 2.51. The highest BCUT2D eigenvalue weighted by Crippen LogP contribution is 2.23. The molecule has 0 spiro atoms. The molecule has 96 valence electrons. The summed E-state index contributed by atoms with van der Waals surface area (Å²) in [6.07, 6.45) is 1.28. The third-order valence-corrected chi connectivity index (χ3v) is 4.23. The molecule has 2 heterocycles. The van der Waals surface area contributed by atoms with E-state index in [0.29, 0.717) is 0 Å². The molecule has 1 aliphatic heterocycles. The van der Waals surface area contributed by atoms with Crippen molar-refractivity contribution in [3.8, 4) is 5.88 Å². The van der Waals surface area contributed by atoms with Gasteiger partial charge in [-0.25, -0.2) is 4.68 Å². The number of aromatic nitrogens is 2. The van der Waals surface area contributed by atoms with Crippen LogP contribution in [0.3, 0.4) is 0 Å². The Morgan fingerprint density at radius 1 is 1.35 bits per heavy atom. The minimum absolute atomic E-state index is 0.902. The summed E-state index contributed by atoms with van der Waals surface area (Å²) in [5, 5.41) is 4.43. The van der Waals surface area contributed by atoms with E-state index in [1.807, 2.05) is 11.7 Å². The summed E-state index contributed by atoms with van der Waals surface area (Å²) >= 11 is 2.06. The van der Waals surface area contributed by atoms with Gasteiger partial charge in [-0.2, -0.15) is 16.9 Å². The largest absolute Gasteiger partial charge is 0.481 e. The Labute approximate surface area is 107 Å². The zero-order valence-electron chi connectivity index (χ0n) is 10.9. The smallest absolute Gasteiger partial charge is 0.216 e. The molecule has 1 saturated heterocycles. The zero-order chi connectivity index (χ0) is 12.3. The van der Waals surface area contributed by atoms with E-state index < -0.39 is 0 Å². The minimum Gasteiger partial charge on any atom is -0.481 e. The van der Waals surface area contributed by atoms with Crippen molar-refractivity contribution in [3.05, 3.63) is 11.3 Å². The summed E-state index contributed by atoms with van der Waals surface area (Å²) in [6.45, 7) is 5.38. The van der Waals surface area contributed by atoms with Gasteiger partial charge in [0.2, 0.25) is 5.88 Å². The van der Waals surface area contributed by atoms with Gasteiger partial charge in [0, 0.05) is 25.9 Å². The molecule has 0 atom stereocenters. The molecule has 4 nitrogen and oxygen atoms in total. The standard InChI is InChI=1S/C12H21N3OS/c1-10-11(12(16-3)14(2)13-10)9-15-5-4-7-17-8-6-15/h4-9H2,1-3H3. The second-order valence-corrected chi connectivity index (χ2v) is 5.66. The molecule has 17 heavy (non-hydrogen) atoms. The minimum atomic E-state index is 0.902. The van der Waals surface area contributed by atoms with Crippen LogP contribution in [0.5, 0.6) is 5.88 Å². The number of aryl methyl sites for hydroxylation is 2. The van der Waals surface area contributed by atoms with E-state index in [2.05, 4.69) is 28.7 Å². The highest BCUT2D eigenvalue weighted by molar-refractivity contribution is 7.99. The van der Waals surface area contributed by atoms with Crippen LogP contribution in [0.25, 0.3) is 0 Å². The lowest BCUT2D eigenvalue weighted by Gasteiger charge is -2.19. The van der Waals surface area contributed by atoms with Gasteiger partial charge in [-0.05, 0) is 25.6 Å². The van der Waals surface area contributed by atoms with E-state index in [-0.39, 0.29) is 0 Å². The van der Waals surface area contributed by atoms with Gasteiger partial charge in [0.05, 0.1) is 18.4 Å². The Balaban J connectivity index is 2.11. The maximum absolute atomic E-state index is 5.44. The fraction of sp³-hybridized carbons (Fsp3) is 0.750. The predicted molar refractivity (Wildman–Crippen MR) is 71.7 cm³/mol. The Morgan fingerprint density at radius 3 is 2.94 bits per heavy atom. The first-order valence-corrected chi connectivity index (χ1v) is 7.24. The molecule has 1 aromatic rings. The number of rotatable bonds is 3. The summed E-state index contributed by atoms with van der Waals surface area (Å²) in [5.41, 5.74) is 2.32. The summed E-state index contributed by atoms with van der Waals surface area (Å²) < 4.78 is 7.27. The van der Waals surface area contributed by atoms with E-state index in [1.165, 1.54) is 36.6 Å². The van der Waals surface area contributed by atoms with E-state index in [1.54, 1.807) is 7.11 Å². The SMILES string of the molecule is COc1c(CN2CCCSCC2)c(C)nn1C. The number of hydrogen-bond donors (Lipinski definition) is 0. The number of hydrogen-bond acceptors (Lipinski definition) is 4. The van der Waals surface area contributed by atoms with Crippen LogP contribution >= 0.6 is 11.8 Å². The third-order valence-electron chi connectivity index (χ3n) is 3.18. The molecular weight excluding hydrogens is 234 g/mol. The lowest BCUT2D eigenvalue weighted by molar-refractivity contribution is 0.279. The van der Waals surface area contributed by atoms with E-state index in [0.717, 1.165) is 18.1 Å². The van der Waals surface area contributed by atoms with Crippen LogP contribution < -0.4 is 4.74 Å². The Hall–Kier alpha value is -0.680. The average molecular weight is 255 g/mol. The molecule has 1 fully saturated rings. The van der Waals surface area contributed by atoms with Crippen molar-refractivity contribution in [2.75, 3.05) is 31.7 Å². The monoisotopic (exact) mass is 255 g/mol. The summed E-state index contributed by atoms with van der Waals surface area (Å²) in [6, 6.07) is 0. The molecule has 0 unspecified atom stereocenters. The van der Waals surface area contributed by atoms with Crippen LogP contribution in [-0.2, 0) is 13.6 Å². The molecule has 0 aliphatic carbocycles. The quantitative estimate of drug-likeness (QED) is 0.822. The molecule has 5 heteroatoms. The highest BCUT2D eigenvalue weighted by Gasteiger charge is 2.18. The first-order chi connectivity index (χ1) is 8.22. The number of thioether (sulfide) groups is 1. The average Bonchev–Trinajstić information content (AvgIpc) is 2.50. The van der Waals surface area contributed by atoms with Crippen LogP contribution in [0, 0.1) is 6.92 Å². The van der Waals surface area contributed by atoms with Gasteiger partial charge in [-0.1, -0.05) is 0 Å². The van der Waals surface area contributed by atoms with Crippen LogP contribution in [0.15, 0.2) is 0 Å². The number of nitrogens with zero attached hydrogens (tertiary/aromatic N) is 3. The topological polar surface area (TPSA) is 30.3 Å². The van der Waals surface area contributed by atoms with Crippen LogP contribution in [0.2, 0.25) is 0 Å². The molecule has 1 aromatic heterocycles. The van der Waals surface area contributed by atoms with Crippen molar-refractivity contribution in [1.29, 1.82) is 0 Å². The predicted octanol–water partition coefficient (Wildman–Crippen LogP) is 1.68. The fourth-order valence-electron chi connectivity index (χ4n) is 2.30. The van der Waals surface area contributed by atoms with E-state index >= 15 is 0 Å². The van der Waals surface area contributed by atoms with Crippen molar-refractivity contribution in [2.24, 2.45) is 7.05 Å². The molecule has 0 radical (unpaired) electrons. The third kappa shape index (κ3) is 2.96. The van der Waals surface area contributed by atoms with Gasteiger partial charge >= 0.3 is 0 Å². The van der Waals surface area contributed by atoms with Crippen molar-refractivity contribution >= 4 is 11.8 Å². The Morgan fingerprint density at radius 2 is 2.18 bits per heavy atom. The van der Waals surface area contributed by atoms with Crippen LogP contribution in [0.1, 0.15) is 17.7 Å². The van der Waals surface area contributed by atoms with Crippen molar-refractivity contribution in [1.82, 2.24) is 14.7 Å². The molecular formula is C12H21N3OS. The van der Waals surface area contributed by atoms with E-state index in [4.69, 9.17) is 4.74 Å². The maximum Gasteiger partial charge on any atom is 0.216 e. The van der Waals surface area contributed by atoms with Crippen LogP contribution in [0.4, 0.5) is 0 Å². The zero-order valence-corrected chi connectivity index (χ0v) is 11.7. The lowest BCUT2D eigenvalue weighted by Crippen LogP contribution is -2.25. The first-order valence-electron chi connectivity index (χ1n) is 6.09. The van der Waals surface area contributed by atoms with Crippen molar-refractivity contribution in [3.63, 3.8) is 0 Å². The first kappa shape index (κ1) is 12.8. The van der Waals surface area contributed by atoms with Gasteiger partial charge in [0.25, 0.3) is 0 Å². The Kier molecular flexibility index (Phi) is 4.34. The molecule has 0 saturated carbocycles. The molecule has 0 amide bonds. The second kappa shape index (κ2) is 5.78. The van der Waals surface area contributed by atoms with Gasteiger partial charge in [-0.3, -0.25) is 4.90 Å². The van der Waals surface area contributed by atoms with Crippen molar-refractivity contribution < 1.29 is 4.74 Å². The second-order valence-electron chi connectivity index (χ2n) is 4.44. The van der Waals surface area contributed by atoms with Gasteiger partial charge in [0.1, 0.15) is 0 Å². The fourth-order valence-corrected chi connectivity index (χ4v) is 3.22. The lowest BCUT2D eigenvalue weighted by atomic mass is 10.2. The number of methoxy groups -OCH3 is 1. The van der Waals surface area contributed by atoms with Gasteiger partial charge in [-0.15, -0.1) is 0 Å². The molecule has 2 rings (SSSR count). The normalized spacial score (nSPS) is 18.1. The molecule has 0 bridgehead atoms. The molecule has 1 aliphatic rings. The molecule has 0 aromatic carbocycles. The highest BCUT2D eigenvalue weighted by atomic mass is 32.2. The van der Waals surface area contributed by atoms with Crippen LogP contribution in [-0.4, -0.2) is 46.4 Å². The summed E-state index contributed by atoms with van der Waals surface area (Å²) in [7, 11) is 3.66. The maximum atomic E-state index is 5.44.